The Morgan fingerprint density at radius 3 is 2.77 bits per heavy atom. The van der Waals surface area contributed by atoms with Crippen molar-refractivity contribution >= 4 is 11.9 Å². The van der Waals surface area contributed by atoms with Crippen LogP contribution in [-0.4, -0.2) is 66.1 Å². The van der Waals surface area contributed by atoms with Crippen LogP contribution in [-0.2, 0) is 4.79 Å². The maximum absolute atomic E-state index is 12.9. The van der Waals surface area contributed by atoms with Crippen molar-refractivity contribution in [2.45, 2.75) is 39.2 Å². The fourth-order valence-corrected chi connectivity index (χ4v) is 3.23. The fraction of sp³-hybridized carbons (Fsp3) is 0.600. The molecular formula is C20H30N2O4. The van der Waals surface area contributed by atoms with E-state index in [9.17, 15) is 9.59 Å². The molecule has 1 aromatic carbocycles. The monoisotopic (exact) mass is 362 g/mol. The molecule has 0 bridgehead atoms. The molecule has 0 aromatic heterocycles. The van der Waals surface area contributed by atoms with Crippen molar-refractivity contribution in [1.82, 2.24) is 9.80 Å². The summed E-state index contributed by atoms with van der Waals surface area (Å²) in [5.41, 5.74) is 0.642. The normalized spacial score (nSPS) is 18.0. The molecule has 1 aliphatic heterocycles. The molecule has 1 fully saturated rings. The van der Waals surface area contributed by atoms with Gasteiger partial charge in [0.25, 0.3) is 5.91 Å². The highest BCUT2D eigenvalue weighted by Gasteiger charge is 2.24. The standard InChI is InChI=1S/C20H30N2O4/c1-15(2)14-26-18-8-4-6-16(12-18)20(25)22-10-5-7-17(9-11-22)21(3)13-19(23)24/h4,6,8,12,15,17H,5,7,9-11,13-14H2,1-3H3,(H,23,24). The van der Waals surface area contributed by atoms with Crippen LogP contribution in [0.4, 0.5) is 0 Å². The third-order valence-corrected chi connectivity index (χ3v) is 4.66. The number of hydrogen-bond donors (Lipinski definition) is 1. The molecule has 1 unspecified atom stereocenters. The summed E-state index contributed by atoms with van der Waals surface area (Å²) in [5, 5.41) is 8.96. The van der Waals surface area contributed by atoms with Gasteiger partial charge in [-0.05, 0) is 50.4 Å². The van der Waals surface area contributed by atoms with Crippen LogP contribution in [0.1, 0.15) is 43.5 Å². The average molecular weight is 362 g/mol. The number of rotatable bonds is 7. The van der Waals surface area contributed by atoms with Crippen molar-refractivity contribution in [1.29, 1.82) is 0 Å². The van der Waals surface area contributed by atoms with E-state index in [0.717, 1.165) is 25.0 Å². The Hall–Kier alpha value is -2.08. The van der Waals surface area contributed by atoms with Crippen molar-refractivity contribution < 1.29 is 19.4 Å². The molecule has 144 valence electrons. The first-order chi connectivity index (χ1) is 12.4. The van der Waals surface area contributed by atoms with Crippen molar-refractivity contribution in [3.05, 3.63) is 29.8 Å². The molecule has 1 aromatic rings. The molecule has 2 rings (SSSR count). The summed E-state index contributed by atoms with van der Waals surface area (Å²) in [6.45, 7) is 6.18. The zero-order valence-electron chi connectivity index (χ0n) is 16.0. The molecule has 0 spiro atoms. The van der Waals surface area contributed by atoms with E-state index in [1.807, 2.05) is 41.1 Å². The van der Waals surface area contributed by atoms with Gasteiger partial charge in [0.15, 0.2) is 0 Å². The Kier molecular flexibility index (Phi) is 7.45. The number of nitrogens with zero attached hydrogens (tertiary/aromatic N) is 2. The van der Waals surface area contributed by atoms with Gasteiger partial charge in [-0.1, -0.05) is 19.9 Å². The second kappa shape index (κ2) is 9.57. The van der Waals surface area contributed by atoms with Gasteiger partial charge >= 0.3 is 5.97 Å². The van der Waals surface area contributed by atoms with Crippen LogP contribution in [0, 0.1) is 5.92 Å². The van der Waals surface area contributed by atoms with Crippen molar-refractivity contribution in [2.75, 3.05) is 33.3 Å². The number of likely N-dealkylation sites (N-methyl/N-ethyl adjacent to an activating group) is 1. The molecular weight excluding hydrogens is 332 g/mol. The van der Waals surface area contributed by atoms with Crippen molar-refractivity contribution in [2.24, 2.45) is 5.92 Å². The molecule has 0 radical (unpaired) electrons. The number of amides is 1. The predicted molar refractivity (Wildman–Crippen MR) is 101 cm³/mol. The SMILES string of the molecule is CC(C)COc1cccc(C(=O)N2CCCC(N(C)CC(=O)O)CC2)c1. The first-order valence-corrected chi connectivity index (χ1v) is 9.31. The molecule has 0 aliphatic carbocycles. The van der Waals surface area contributed by atoms with Crippen LogP contribution in [0.2, 0.25) is 0 Å². The molecule has 1 aliphatic rings. The predicted octanol–water partition coefficient (Wildman–Crippen LogP) is 2.73. The maximum atomic E-state index is 12.9. The smallest absolute Gasteiger partial charge is 0.317 e. The second-order valence-electron chi connectivity index (χ2n) is 7.42. The summed E-state index contributed by atoms with van der Waals surface area (Å²) in [5.74, 6) is 0.350. The molecule has 1 saturated heterocycles. The van der Waals surface area contributed by atoms with Crippen LogP contribution in [0.25, 0.3) is 0 Å². The van der Waals surface area contributed by atoms with Crippen molar-refractivity contribution in [3.8, 4) is 5.75 Å². The molecule has 26 heavy (non-hydrogen) atoms. The third-order valence-electron chi connectivity index (χ3n) is 4.66. The molecule has 6 nitrogen and oxygen atoms in total. The zero-order chi connectivity index (χ0) is 19.1. The number of carboxylic acid groups (broad SMARTS) is 1. The lowest BCUT2D eigenvalue weighted by molar-refractivity contribution is -0.138. The maximum Gasteiger partial charge on any atom is 0.317 e. The van der Waals surface area contributed by atoms with E-state index in [4.69, 9.17) is 9.84 Å². The van der Waals surface area contributed by atoms with E-state index >= 15 is 0 Å². The Labute approximate surface area is 155 Å². The van der Waals surface area contributed by atoms with Gasteiger partial charge < -0.3 is 14.7 Å². The van der Waals surface area contributed by atoms with E-state index in [1.54, 1.807) is 0 Å². The van der Waals surface area contributed by atoms with Crippen LogP contribution >= 0.6 is 0 Å². The number of likely N-dealkylation sites (tertiary alicyclic amines) is 1. The number of benzene rings is 1. The quantitative estimate of drug-likeness (QED) is 0.808. The topological polar surface area (TPSA) is 70.1 Å². The molecule has 1 N–H and O–H groups in total. The Morgan fingerprint density at radius 1 is 1.31 bits per heavy atom. The summed E-state index contributed by atoms with van der Waals surface area (Å²) in [7, 11) is 1.84. The molecule has 0 saturated carbocycles. The van der Waals surface area contributed by atoms with E-state index in [1.165, 1.54) is 0 Å². The van der Waals surface area contributed by atoms with Gasteiger partial charge in [-0.15, -0.1) is 0 Å². The molecule has 1 amide bonds. The summed E-state index contributed by atoms with van der Waals surface area (Å²) in [6.07, 6.45) is 2.58. The first kappa shape index (κ1) is 20.2. The van der Waals surface area contributed by atoms with Gasteiger partial charge in [0, 0.05) is 24.7 Å². The molecule has 6 heteroatoms. The van der Waals surface area contributed by atoms with E-state index in [2.05, 4.69) is 13.8 Å². The van der Waals surface area contributed by atoms with Gasteiger partial charge in [-0.3, -0.25) is 14.5 Å². The molecule has 1 heterocycles. The first-order valence-electron chi connectivity index (χ1n) is 9.31. The zero-order valence-corrected chi connectivity index (χ0v) is 16.0. The summed E-state index contributed by atoms with van der Waals surface area (Å²) >= 11 is 0. The fourth-order valence-electron chi connectivity index (χ4n) is 3.23. The van der Waals surface area contributed by atoms with Gasteiger partial charge in [0.2, 0.25) is 0 Å². The van der Waals surface area contributed by atoms with Gasteiger partial charge in [0.05, 0.1) is 13.2 Å². The van der Waals surface area contributed by atoms with Crippen LogP contribution in [0.3, 0.4) is 0 Å². The number of aliphatic carboxylic acids is 1. The molecule has 1 atom stereocenters. The van der Waals surface area contributed by atoms with Crippen LogP contribution in [0.5, 0.6) is 5.75 Å². The number of carbonyl (C=O) groups is 2. The van der Waals surface area contributed by atoms with Gasteiger partial charge in [-0.25, -0.2) is 0 Å². The highest BCUT2D eigenvalue weighted by Crippen LogP contribution is 2.20. The largest absolute Gasteiger partial charge is 0.493 e. The van der Waals surface area contributed by atoms with E-state index < -0.39 is 5.97 Å². The van der Waals surface area contributed by atoms with Crippen LogP contribution in [0.15, 0.2) is 24.3 Å². The Morgan fingerprint density at radius 2 is 2.08 bits per heavy atom. The number of carbonyl (C=O) groups excluding carboxylic acids is 1. The van der Waals surface area contributed by atoms with E-state index in [0.29, 0.717) is 31.2 Å². The second-order valence-corrected chi connectivity index (χ2v) is 7.42. The van der Waals surface area contributed by atoms with Gasteiger partial charge in [0.1, 0.15) is 5.75 Å². The number of carboxylic acids is 1. The minimum atomic E-state index is -0.817. The minimum absolute atomic E-state index is 0.0153. The van der Waals surface area contributed by atoms with Crippen molar-refractivity contribution in [3.63, 3.8) is 0 Å². The Balaban J connectivity index is 1.97. The van der Waals surface area contributed by atoms with Crippen LogP contribution < -0.4 is 4.74 Å². The highest BCUT2D eigenvalue weighted by atomic mass is 16.5. The van der Waals surface area contributed by atoms with Gasteiger partial charge in [-0.2, -0.15) is 0 Å². The lowest BCUT2D eigenvalue weighted by Gasteiger charge is -2.25. The average Bonchev–Trinajstić information content (AvgIpc) is 2.85. The summed E-state index contributed by atoms with van der Waals surface area (Å²) in [6, 6.07) is 7.56. The summed E-state index contributed by atoms with van der Waals surface area (Å²) < 4.78 is 5.72. The van der Waals surface area contributed by atoms with E-state index in [-0.39, 0.29) is 18.5 Å². The third kappa shape index (κ3) is 6.02. The minimum Gasteiger partial charge on any atom is -0.493 e. The lowest BCUT2D eigenvalue weighted by Crippen LogP contribution is -2.37. The summed E-state index contributed by atoms with van der Waals surface area (Å²) in [4.78, 5) is 27.5. The number of hydrogen-bond acceptors (Lipinski definition) is 4. The highest BCUT2D eigenvalue weighted by molar-refractivity contribution is 5.94. The number of ether oxygens (including phenoxy) is 1. The lowest BCUT2D eigenvalue weighted by atomic mass is 10.1. The Bertz CT molecular complexity index is 618.